The van der Waals surface area contributed by atoms with Gasteiger partial charge in [0, 0.05) is 22.9 Å². The summed E-state index contributed by atoms with van der Waals surface area (Å²) in [6, 6.07) is 14.5. The molecule has 0 spiro atoms. The van der Waals surface area contributed by atoms with Crippen LogP contribution in [0, 0.1) is 12.8 Å². The van der Waals surface area contributed by atoms with Gasteiger partial charge in [0.1, 0.15) is 24.1 Å². The molecule has 1 fully saturated rings. The van der Waals surface area contributed by atoms with Crippen LogP contribution in [0.2, 0.25) is 0 Å². The van der Waals surface area contributed by atoms with Gasteiger partial charge < -0.3 is 29.3 Å². The van der Waals surface area contributed by atoms with Gasteiger partial charge in [-0.15, -0.1) is 0 Å². The fourth-order valence-electron chi connectivity index (χ4n) is 5.96. The molecule has 268 valence electrons. The standard InChI is InChI=1S/C24H26N2O4.C14H26FNO3/c1-4-29-24(28)21-14-16-13-17(9-10-20(16)30-21)25-23(27)22-19(11-12-26(22)3)18-8-6-5-7-15(18)2;1-5-11(10-17)7-6-8-12(9-15)16-13(18)19-14(2,3)4/h5-10,13-14,19,22H,4,11-12H2,1-3H3,(H,25,27);10-12H,5-9H2,1-4H3,(H,16,18). The highest BCUT2D eigenvalue weighted by Gasteiger charge is 2.38. The third kappa shape index (κ3) is 11.7. The lowest BCUT2D eigenvalue weighted by Gasteiger charge is -2.25. The molecule has 2 aromatic carbocycles. The van der Waals surface area contributed by atoms with Crippen molar-refractivity contribution in [2.45, 2.75) is 97.2 Å². The van der Waals surface area contributed by atoms with Gasteiger partial charge in [0.15, 0.2) is 0 Å². The largest absolute Gasteiger partial charge is 0.460 e. The van der Waals surface area contributed by atoms with Crippen molar-refractivity contribution < 1.29 is 37.5 Å². The minimum atomic E-state index is -0.628. The van der Waals surface area contributed by atoms with Gasteiger partial charge in [-0.1, -0.05) is 37.6 Å². The average molecular weight is 682 g/mol. The molecular formula is C38H52FN3O7. The molecule has 4 unspecified atom stereocenters. The summed E-state index contributed by atoms with van der Waals surface area (Å²) in [6.07, 6.45) is 4.03. The second-order valence-corrected chi connectivity index (χ2v) is 13.5. The summed E-state index contributed by atoms with van der Waals surface area (Å²) >= 11 is 0. The number of anilines is 1. The van der Waals surface area contributed by atoms with Gasteiger partial charge in [-0.25, -0.2) is 14.0 Å². The van der Waals surface area contributed by atoms with Gasteiger partial charge in [0.05, 0.1) is 18.7 Å². The molecule has 0 saturated carbocycles. The Morgan fingerprint density at radius 3 is 2.47 bits per heavy atom. The number of hydrogen-bond donors (Lipinski definition) is 2. The number of ether oxygens (including phenoxy) is 2. The van der Waals surface area contributed by atoms with Gasteiger partial charge in [-0.05, 0) is 109 Å². The van der Waals surface area contributed by atoms with E-state index in [1.54, 1.807) is 45.9 Å². The Hall–Kier alpha value is -4.25. The lowest BCUT2D eigenvalue weighted by Crippen LogP contribution is -2.40. The lowest BCUT2D eigenvalue weighted by atomic mass is 9.88. The molecule has 3 aromatic rings. The first-order valence-corrected chi connectivity index (χ1v) is 17.1. The maximum atomic E-state index is 13.2. The van der Waals surface area contributed by atoms with Gasteiger partial charge in [-0.3, -0.25) is 9.69 Å². The second-order valence-electron chi connectivity index (χ2n) is 13.5. The number of amides is 2. The molecule has 49 heavy (non-hydrogen) atoms. The van der Waals surface area contributed by atoms with Crippen LogP contribution in [0.5, 0.6) is 0 Å². The number of rotatable bonds is 13. The zero-order valence-corrected chi connectivity index (χ0v) is 29.8. The van der Waals surface area contributed by atoms with Gasteiger partial charge in [-0.2, -0.15) is 0 Å². The molecule has 0 bridgehead atoms. The van der Waals surface area contributed by atoms with E-state index in [1.807, 2.05) is 32.2 Å². The van der Waals surface area contributed by atoms with Crippen molar-refractivity contribution in [1.29, 1.82) is 0 Å². The predicted octanol–water partition coefficient (Wildman–Crippen LogP) is 7.59. The molecule has 0 aliphatic carbocycles. The number of likely N-dealkylation sites (tertiary alicyclic amines) is 1. The summed E-state index contributed by atoms with van der Waals surface area (Å²) in [5, 5.41) is 6.30. The summed E-state index contributed by atoms with van der Waals surface area (Å²) < 4.78 is 28.4. The minimum absolute atomic E-state index is 0.0294. The SMILES string of the molecule is CCC(C=O)CCCC(CF)NC(=O)OC(C)(C)C.CCOC(=O)c1cc2cc(NC(=O)C3C(c4ccccc4C)CCN3C)ccc2o1. The highest BCUT2D eigenvalue weighted by Crippen LogP contribution is 2.35. The first-order chi connectivity index (χ1) is 23.3. The highest BCUT2D eigenvalue weighted by molar-refractivity contribution is 5.99. The molecule has 4 rings (SSSR count). The molecule has 2 heterocycles. The fraction of sp³-hybridized carbons (Fsp3) is 0.526. The Kier molecular flexibility index (Phi) is 14.8. The van der Waals surface area contributed by atoms with Crippen molar-refractivity contribution in [3.05, 3.63) is 65.4 Å². The topological polar surface area (TPSA) is 127 Å². The smallest absolute Gasteiger partial charge is 0.407 e. The zero-order valence-electron chi connectivity index (χ0n) is 29.8. The van der Waals surface area contributed by atoms with Crippen molar-refractivity contribution in [2.24, 2.45) is 5.92 Å². The highest BCUT2D eigenvalue weighted by atomic mass is 19.1. The Labute approximate surface area is 289 Å². The number of fused-ring (bicyclic) bond motifs is 1. The number of likely N-dealkylation sites (N-methyl/N-ethyl adjacent to an activating group) is 1. The van der Waals surface area contributed by atoms with Crippen molar-refractivity contribution >= 4 is 40.9 Å². The molecular weight excluding hydrogens is 629 g/mol. The van der Waals surface area contributed by atoms with Gasteiger partial charge in [0.25, 0.3) is 0 Å². The Balaban J connectivity index is 0.000000298. The molecule has 10 nitrogen and oxygen atoms in total. The number of hydrogen-bond acceptors (Lipinski definition) is 8. The van der Waals surface area contributed by atoms with Crippen molar-refractivity contribution in [1.82, 2.24) is 10.2 Å². The van der Waals surface area contributed by atoms with Crippen LogP contribution in [0.25, 0.3) is 11.0 Å². The van der Waals surface area contributed by atoms with Crippen molar-refractivity contribution in [3.63, 3.8) is 0 Å². The van der Waals surface area contributed by atoms with E-state index in [1.165, 1.54) is 11.1 Å². The first-order valence-electron chi connectivity index (χ1n) is 17.1. The molecule has 4 atom stereocenters. The lowest BCUT2D eigenvalue weighted by molar-refractivity contribution is -0.120. The van der Waals surface area contributed by atoms with Crippen molar-refractivity contribution in [3.8, 4) is 0 Å². The second kappa shape index (κ2) is 18.5. The molecule has 2 amide bonds. The fourth-order valence-corrected chi connectivity index (χ4v) is 5.96. The quantitative estimate of drug-likeness (QED) is 0.140. The molecule has 1 aliphatic heterocycles. The summed E-state index contributed by atoms with van der Waals surface area (Å²) in [4.78, 5) is 49.3. The molecule has 2 N–H and O–H groups in total. The van der Waals surface area contributed by atoms with Crippen LogP contribution in [-0.2, 0) is 19.1 Å². The third-order valence-corrected chi connectivity index (χ3v) is 8.52. The zero-order chi connectivity index (χ0) is 36.1. The number of esters is 1. The van der Waals surface area contributed by atoms with Crippen LogP contribution >= 0.6 is 0 Å². The Morgan fingerprint density at radius 2 is 1.84 bits per heavy atom. The van der Waals surface area contributed by atoms with E-state index in [0.717, 1.165) is 37.5 Å². The van der Waals surface area contributed by atoms with E-state index in [4.69, 9.17) is 13.9 Å². The monoisotopic (exact) mass is 681 g/mol. The molecule has 1 aromatic heterocycles. The minimum Gasteiger partial charge on any atom is -0.460 e. The number of furan rings is 1. The number of aldehydes is 1. The Morgan fingerprint density at radius 1 is 1.10 bits per heavy atom. The third-order valence-electron chi connectivity index (χ3n) is 8.52. The number of benzene rings is 2. The summed E-state index contributed by atoms with van der Waals surface area (Å²) in [7, 11) is 1.99. The summed E-state index contributed by atoms with van der Waals surface area (Å²) in [5.74, 6) is -0.179. The number of nitrogens with one attached hydrogen (secondary N) is 2. The number of nitrogens with zero attached hydrogens (tertiary/aromatic N) is 1. The first kappa shape index (κ1) is 39.2. The number of alkyl carbamates (subject to hydrolysis) is 1. The average Bonchev–Trinajstić information content (AvgIpc) is 3.65. The maximum Gasteiger partial charge on any atom is 0.407 e. The molecule has 11 heteroatoms. The maximum absolute atomic E-state index is 13.2. The van der Waals surface area contributed by atoms with Gasteiger partial charge in [0.2, 0.25) is 11.7 Å². The molecule has 1 aliphatic rings. The Bertz CT molecular complexity index is 1550. The van der Waals surface area contributed by atoms with Crippen LogP contribution in [0.1, 0.15) is 94.3 Å². The van der Waals surface area contributed by atoms with E-state index < -0.39 is 30.4 Å². The van der Waals surface area contributed by atoms with Crippen LogP contribution in [0.4, 0.5) is 14.9 Å². The van der Waals surface area contributed by atoms with Crippen molar-refractivity contribution in [2.75, 3.05) is 32.2 Å². The molecule has 0 radical (unpaired) electrons. The van der Waals surface area contributed by atoms with Crippen LogP contribution in [0.3, 0.4) is 0 Å². The number of alkyl halides is 1. The van der Waals surface area contributed by atoms with Crippen LogP contribution < -0.4 is 10.6 Å². The number of carbonyl (C=O) groups is 4. The number of carbonyl (C=O) groups excluding carboxylic acids is 4. The number of aryl methyl sites for hydroxylation is 1. The van der Waals surface area contributed by atoms with Gasteiger partial charge >= 0.3 is 12.1 Å². The normalized spacial score (nSPS) is 17.4. The van der Waals surface area contributed by atoms with Crippen LogP contribution in [0.15, 0.2) is 52.9 Å². The van der Waals surface area contributed by atoms with E-state index in [0.29, 0.717) is 24.1 Å². The van der Waals surface area contributed by atoms with E-state index in [9.17, 15) is 23.6 Å². The van der Waals surface area contributed by atoms with E-state index in [-0.39, 0.29) is 36.2 Å². The predicted molar refractivity (Wildman–Crippen MR) is 189 cm³/mol. The number of halogens is 1. The van der Waals surface area contributed by atoms with E-state index in [2.05, 4.69) is 34.6 Å². The summed E-state index contributed by atoms with van der Waals surface area (Å²) in [5.41, 5.74) is 3.10. The van der Waals surface area contributed by atoms with Crippen LogP contribution in [-0.4, -0.2) is 73.7 Å². The van der Waals surface area contributed by atoms with E-state index >= 15 is 0 Å². The summed E-state index contributed by atoms with van der Waals surface area (Å²) in [6.45, 7) is 11.6. The molecule has 1 saturated heterocycles.